The van der Waals surface area contributed by atoms with Gasteiger partial charge in [-0.1, -0.05) is 60.7 Å². The standard InChI is InChI=1S/C25H35N7O3S.C24H33N7O.CH3ClO2S/c1-29(2)25(20-7-5-4-6-8-20)11-9-24(10-12-25)19-32(23(33)28-24)21-17-26-22(27-18-21)30-13-15-31(16-14-30)36(3,34)35;1-29(2)24(19-6-4-3-5-7-19)10-8-23(9-11-24)18-31(22(32)28-23)20-16-26-21(27-17-20)30-14-12-25-13-15-30;1-5(2,3)4/h4-8,17-18H,9-16,19H2,1-3H3,(H,28,33);3-7,16-17,25H,8-15,18H2,1-2H3,(H,28,32);1H3. The number of nitrogens with zero attached hydrogens (tertiary/aromatic N) is 11. The average Bonchev–Trinajstić information content (AvgIpc) is 3.89. The number of hydrogen-bond acceptors (Lipinski definition) is 15. The molecule has 73 heavy (non-hydrogen) atoms. The average molecular weight is 1060 g/mol. The van der Waals surface area contributed by atoms with Gasteiger partial charge in [-0.2, -0.15) is 4.31 Å². The molecular formula is C50H71ClN14O6S2. The Morgan fingerprint density at radius 3 is 1.21 bits per heavy atom. The molecule has 2 aromatic carbocycles. The lowest BCUT2D eigenvalue weighted by atomic mass is 9.69. The number of sulfonamides is 1. The molecule has 4 aliphatic heterocycles. The van der Waals surface area contributed by atoms with Crippen molar-refractivity contribution < 1.29 is 26.4 Å². The van der Waals surface area contributed by atoms with E-state index in [4.69, 9.17) is 0 Å². The van der Waals surface area contributed by atoms with Gasteiger partial charge >= 0.3 is 12.1 Å². The third-order valence-corrected chi connectivity index (χ3v) is 17.1. The van der Waals surface area contributed by atoms with Crippen molar-refractivity contribution >= 4 is 65.1 Å². The van der Waals surface area contributed by atoms with Gasteiger partial charge in [0.2, 0.25) is 31.0 Å². The van der Waals surface area contributed by atoms with Gasteiger partial charge in [0.15, 0.2) is 0 Å². The van der Waals surface area contributed by atoms with Crippen LogP contribution < -0.4 is 35.6 Å². The van der Waals surface area contributed by atoms with Crippen LogP contribution >= 0.6 is 10.7 Å². The number of halogens is 1. The molecule has 0 bridgehead atoms. The highest BCUT2D eigenvalue weighted by Gasteiger charge is 2.52. The summed E-state index contributed by atoms with van der Waals surface area (Å²) in [6.45, 7) is 6.86. The normalized spacial score (nSPS) is 26.9. The molecule has 2 aromatic heterocycles. The van der Waals surface area contributed by atoms with Crippen LogP contribution in [0.5, 0.6) is 0 Å². The first-order chi connectivity index (χ1) is 34.6. The molecular weight excluding hydrogens is 992 g/mol. The number of urea groups is 2. The predicted molar refractivity (Wildman–Crippen MR) is 286 cm³/mol. The molecule has 23 heteroatoms. The third kappa shape index (κ3) is 12.3. The van der Waals surface area contributed by atoms with E-state index in [0.717, 1.165) is 95.4 Å². The van der Waals surface area contributed by atoms with Crippen LogP contribution in [0, 0.1) is 0 Å². The van der Waals surface area contributed by atoms with E-state index in [1.807, 2.05) is 9.80 Å². The number of piperazine rings is 2. The van der Waals surface area contributed by atoms with Crippen LogP contribution in [-0.4, -0.2) is 180 Å². The quantitative estimate of drug-likeness (QED) is 0.200. The van der Waals surface area contributed by atoms with Gasteiger partial charge in [-0.25, -0.2) is 46.4 Å². The Morgan fingerprint density at radius 1 is 0.534 bits per heavy atom. The van der Waals surface area contributed by atoms with E-state index in [1.54, 1.807) is 29.7 Å². The summed E-state index contributed by atoms with van der Waals surface area (Å²) in [6, 6.07) is 21.3. The Hall–Kier alpha value is -5.23. The molecule has 2 spiro atoms. The van der Waals surface area contributed by atoms with Gasteiger partial charge in [-0.05, 0) is 90.7 Å². The van der Waals surface area contributed by atoms with Crippen LogP contribution in [0.2, 0.25) is 0 Å². The summed E-state index contributed by atoms with van der Waals surface area (Å²) in [5.74, 6) is 1.29. The van der Waals surface area contributed by atoms with E-state index < -0.39 is 19.1 Å². The van der Waals surface area contributed by atoms with Crippen molar-refractivity contribution in [3.8, 4) is 0 Å². The fourth-order valence-electron chi connectivity index (χ4n) is 11.5. The zero-order chi connectivity index (χ0) is 52.2. The summed E-state index contributed by atoms with van der Waals surface area (Å²) in [7, 11) is 6.75. The molecule has 10 rings (SSSR count). The van der Waals surface area contributed by atoms with Gasteiger partial charge < -0.3 is 25.8 Å². The van der Waals surface area contributed by atoms with Gasteiger partial charge in [0.1, 0.15) is 0 Å². The van der Waals surface area contributed by atoms with Gasteiger partial charge in [0.25, 0.3) is 0 Å². The molecule has 4 aromatic rings. The minimum Gasteiger partial charge on any atom is -0.338 e. The Kier molecular flexibility index (Phi) is 16.2. The number of benzene rings is 2. The second-order valence-corrected chi connectivity index (χ2v) is 25.8. The van der Waals surface area contributed by atoms with Crippen LogP contribution in [0.25, 0.3) is 0 Å². The Balaban J connectivity index is 0.000000179. The van der Waals surface area contributed by atoms with Crippen molar-refractivity contribution in [3.05, 3.63) is 96.6 Å². The lowest BCUT2D eigenvalue weighted by molar-refractivity contribution is 0.0657. The van der Waals surface area contributed by atoms with Crippen molar-refractivity contribution in [2.45, 2.75) is 73.5 Å². The van der Waals surface area contributed by atoms with E-state index in [-0.39, 0.29) is 34.2 Å². The molecule has 0 unspecified atom stereocenters. The van der Waals surface area contributed by atoms with Crippen molar-refractivity contribution in [1.82, 2.24) is 50.0 Å². The van der Waals surface area contributed by atoms with Crippen LogP contribution in [0.3, 0.4) is 0 Å². The first kappa shape index (κ1) is 54.0. The molecule has 20 nitrogen and oxygen atoms in total. The fourth-order valence-corrected chi connectivity index (χ4v) is 12.3. The maximum Gasteiger partial charge on any atom is 0.322 e. The first-order valence-electron chi connectivity index (χ1n) is 25.0. The molecule has 396 valence electrons. The molecule has 0 atom stereocenters. The Bertz CT molecular complexity index is 2720. The fraction of sp³-hybridized carbons (Fsp3) is 0.560. The van der Waals surface area contributed by atoms with Gasteiger partial charge in [0.05, 0.1) is 72.8 Å². The highest BCUT2D eigenvalue weighted by Crippen LogP contribution is 2.48. The first-order valence-corrected chi connectivity index (χ1v) is 29.5. The molecule has 4 amide bonds. The van der Waals surface area contributed by atoms with E-state index >= 15 is 0 Å². The second kappa shape index (κ2) is 21.9. The van der Waals surface area contributed by atoms with E-state index in [1.165, 1.54) is 21.7 Å². The maximum absolute atomic E-state index is 13.0. The van der Waals surface area contributed by atoms with Gasteiger partial charge in [-0.15, -0.1) is 0 Å². The zero-order valence-electron chi connectivity index (χ0n) is 42.9. The van der Waals surface area contributed by atoms with Crippen molar-refractivity contribution in [3.63, 3.8) is 0 Å². The van der Waals surface area contributed by atoms with E-state index in [9.17, 15) is 26.4 Å². The number of aromatic nitrogens is 4. The van der Waals surface area contributed by atoms with Crippen LogP contribution in [0.4, 0.5) is 32.9 Å². The predicted octanol–water partition coefficient (Wildman–Crippen LogP) is 4.23. The Morgan fingerprint density at radius 2 is 0.877 bits per heavy atom. The number of carbonyl (C=O) groups is 2. The minimum atomic E-state index is -3.19. The summed E-state index contributed by atoms with van der Waals surface area (Å²) < 4.78 is 43.8. The summed E-state index contributed by atoms with van der Waals surface area (Å²) in [5, 5.41) is 9.94. The number of hydrogen-bond donors (Lipinski definition) is 3. The summed E-state index contributed by atoms with van der Waals surface area (Å²) in [4.78, 5) is 56.5. The summed E-state index contributed by atoms with van der Waals surface area (Å²) >= 11 is 0. The zero-order valence-corrected chi connectivity index (χ0v) is 45.3. The number of amides is 4. The lowest BCUT2D eigenvalue weighted by Crippen LogP contribution is -2.54. The van der Waals surface area contributed by atoms with Crippen LogP contribution in [0.15, 0.2) is 85.5 Å². The molecule has 2 aliphatic carbocycles. The third-order valence-electron chi connectivity index (χ3n) is 15.8. The van der Waals surface area contributed by atoms with E-state index in [0.29, 0.717) is 50.9 Å². The summed E-state index contributed by atoms with van der Waals surface area (Å²) in [5.41, 5.74) is 3.66. The number of rotatable bonds is 9. The lowest BCUT2D eigenvalue weighted by Gasteiger charge is -2.48. The smallest absolute Gasteiger partial charge is 0.322 e. The Labute approximate surface area is 435 Å². The molecule has 0 radical (unpaired) electrons. The van der Waals surface area contributed by atoms with Gasteiger partial charge in [-0.3, -0.25) is 19.6 Å². The molecule has 6 heterocycles. The molecule has 6 fully saturated rings. The maximum atomic E-state index is 13.0. The number of carbonyl (C=O) groups excluding carboxylic acids is 2. The van der Waals surface area contributed by atoms with E-state index in [2.05, 4.69) is 150 Å². The largest absolute Gasteiger partial charge is 0.338 e. The van der Waals surface area contributed by atoms with Gasteiger partial charge in [0, 0.05) is 74.1 Å². The van der Waals surface area contributed by atoms with Crippen molar-refractivity contribution in [2.75, 3.05) is 126 Å². The van der Waals surface area contributed by atoms with Crippen molar-refractivity contribution in [2.24, 2.45) is 0 Å². The molecule has 2 saturated carbocycles. The minimum absolute atomic E-state index is 0.0126. The SMILES string of the molecule is CN(C)C1(c2ccccc2)CCC2(CC1)CN(c1cnc(N3CCN(S(C)(=O)=O)CC3)nc1)C(=O)N2.CN(C)C1(c2ccccc2)CCC2(CC1)CN(c1cnc(N3CCNCC3)nc1)C(=O)N2.CS(=O)(=O)Cl. The van der Waals surface area contributed by atoms with Crippen LogP contribution in [-0.2, 0) is 30.2 Å². The molecule has 3 N–H and O–H groups in total. The highest BCUT2D eigenvalue weighted by atomic mass is 35.7. The molecule has 6 aliphatic rings. The monoisotopic (exact) mass is 1060 g/mol. The number of nitrogens with one attached hydrogen (secondary N) is 3. The number of anilines is 4. The molecule has 4 saturated heterocycles. The second-order valence-electron chi connectivity index (χ2n) is 20.7. The van der Waals surface area contributed by atoms with Crippen molar-refractivity contribution in [1.29, 1.82) is 0 Å². The summed E-state index contributed by atoms with van der Waals surface area (Å²) in [6.07, 6.45) is 16.8. The highest BCUT2D eigenvalue weighted by molar-refractivity contribution is 8.13. The topological polar surface area (TPSA) is 213 Å². The van der Waals surface area contributed by atoms with Crippen LogP contribution in [0.1, 0.15) is 62.5 Å².